The summed E-state index contributed by atoms with van der Waals surface area (Å²) in [6.07, 6.45) is 23.3. The molecule has 0 unspecified atom stereocenters. The maximum Gasteiger partial charge on any atom is 0.145 e. The summed E-state index contributed by atoms with van der Waals surface area (Å²) in [5.41, 5.74) is 27.4. The van der Waals surface area contributed by atoms with Gasteiger partial charge in [0.15, 0.2) is 0 Å². The van der Waals surface area contributed by atoms with Crippen LogP contribution in [0, 0.1) is 0 Å². The zero-order chi connectivity index (χ0) is 84.2. The lowest BCUT2D eigenvalue weighted by Gasteiger charge is -2.13. The third-order valence-corrected chi connectivity index (χ3v) is 26.9. The molecule has 0 aliphatic carbocycles. The van der Waals surface area contributed by atoms with Crippen LogP contribution in [0.5, 0.6) is 0 Å². The summed E-state index contributed by atoms with van der Waals surface area (Å²) in [6.45, 7) is 0. The number of benzene rings is 15. The molecule has 0 bridgehead atoms. The first-order valence-electron chi connectivity index (χ1n) is 43.5. The largest absolute Gasteiger partial charge is 0.309 e. The minimum atomic E-state index is 0.947. The Labute approximate surface area is 732 Å². The van der Waals surface area contributed by atoms with Gasteiger partial charge < -0.3 is 27.4 Å². The molecule has 129 heavy (non-hydrogen) atoms. The van der Waals surface area contributed by atoms with Gasteiger partial charge in [0, 0.05) is 222 Å². The van der Waals surface area contributed by atoms with Gasteiger partial charge in [-0.05, 0) is 164 Å². The highest BCUT2D eigenvalue weighted by molar-refractivity contribution is 6.31. The SMILES string of the molecule is c1ccc(-n2c3ccccc3c3c2ccc2c4cc5c(cc4n(-c4ccccc4)c23)c2cnccc2c2nccn52)cc1.c1ccc(-n2c3ccccc3c3cc4c(cc32)c2cc3c(cc2n4-c2ccccc2)c2cnccc2c2nccn32)cc1.c1ccc(-n2c3ccccc3c3ccc4c5cc6c(cc5n(-c5ccccc5)c4c32)c2cnccc2c2nccn62)cc1. The minimum absolute atomic E-state index is 0.947. The van der Waals surface area contributed by atoms with Crippen molar-refractivity contribution < 1.29 is 0 Å². The summed E-state index contributed by atoms with van der Waals surface area (Å²) in [5.74, 6) is 0. The Kier molecular flexibility index (Phi) is 15.0. The maximum absolute atomic E-state index is 4.73. The molecule has 0 saturated heterocycles. The van der Waals surface area contributed by atoms with Crippen molar-refractivity contribution in [3.05, 3.63) is 420 Å². The first kappa shape index (κ1) is 70.7. The molecular formula is C114H69N15. The summed E-state index contributed by atoms with van der Waals surface area (Å²) < 4.78 is 21.2. The summed E-state index contributed by atoms with van der Waals surface area (Å²) >= 11 is 0. The van der Waals surface area contributed by atoms with Crippen LogP contribution in [-0.4, -0.2) is 70.5 Å². The smallest absolute Gasteiger partial charge is 0.145 e. The van der Waals surface area contributed by atoms with Crippen LogP contribution in [-0.2, 0) is 0 Å². The van der Waals surface area contributed by atoms with Gasteiger partial charge in [-0.25, -0.2) is 15.0 Å². The Morgan fingerprint density at radius 3 is 0.814 bits per heavy atom. The second-order valence-electron chi connectivity index (χ2n) is 33.5. The van der Waals surface area contributed by atoms with Gasteiger partial charge in [-0.1, -0.05) is 182 Å². The predicted octanol–water partition coefficient (Wildman–Crippen LogP) is 27.7. The highest BCUT2D eigenvalue weighted by Gasteiger charge is 2.28. The van der Waals surface area contributed by atoms with E-state index in [1.54, 1.807) is 0 Å². The molecule has 0 atom stereocenters. The zero-order valence-electron chi connectivity index (χ0n) is 69.0. The maximum atomic E-state index is 4.73. The second-order valence-corrected chi connectivity index (χ2v) is 33.5. The first-order valence-corrected chi connectivity index (χ1v) is 43.5. The molecule has 15 heteroatoms. The summed E-state index contributed by atoms with van der Waals surface area (Å²) in [7, 11) is 0. The summed E-state index contributed by atoms with van der Waals surface area (Å²) in [6, 6.07) is 125. The molecule has 0 aliphatic rings. The summed E-state index contributed by atoms with van der Waals surface area (Å²) in [4.78, 5) is 27.7. The van der Waals surface area contributed by atoms with Crippen LogP contribution in [0.4, 0.5) is 0 Å². The van der Waals surface area contributed by atoms with E-state index in [-0.39, 0.29) is 0 Å². The van der Waals surface area contributed by atoms with Crippen LogP contribution in [0.3, 0.4) is 0 Å². The van der Waals surface area contributed by atoms with Gasteiger partial charge in [-0.3, -0.25) is 28.2 Å². The van der Waals surface area contributed by atoms with Crippen LogP contribution in [0.15, 0.2) is 420 Å². The monoisotopic (exact) mass is 1650 g/mol. The van der Waals surface area contributed by atoms with E-state index in [1.807, 2.05) is 55.8 Å². The molecular weight excluding hydrogens is 1580 g/mol. The number of hydrogen-bond acceptors (Lipinski definition) is 6. The number of hydrogen-bond donors (Lipinski definition) is 0. The van der Waals surface area contributed by atoms with Crippen LogP contribution in [0.1, 0.15) is 0 Å². The number of aromatic nitrogens is 15. The fourth-order valence-corrected chi connectivity index (χ4v) is 21.5. The third kappa shape index (κ3) is 10.2. The standard InChI is InChI=1S/3C38H23N5/c1-3-9-24(10-4-1)42-33-14-8-7-13-26(33)28-20-36-30(21-35(28)42)29-19-34-31(22-37(29)43(36)25-11-5-2-6-12-25)32-23-39-16-15-27(32)38-40-17-18-41(34)38;1-3-9-24(10-4-1)42-32-14-8-7-13-28(32)36-33(42)16-15-26-29-21-34-30(22-35(29)43(37(26)36)25-11-5-2-6-12-25)31-23-39-18-17-27(31)38-40-19-20-41(34)38;1-3-9-24(10-4-1)42-33-14-8-7-13-26(33)27-15-16-28-30-21-34-31(32-23-39-18-17-29(32)38-40-19-20-41(34)38)22-35(30)43(37(28)36(27)42)25-11-5-2-6-12-25/h3*1-23H. The van der Waals surface area contributed by atoms with E-state index in [1.165, 1.54) is 125 Å². The molecule has 30 aromatic rings. The van der Waals surface area contributed by atoms with Crippen LogP contribution < -0.4 is 0 Å². The van der Waals surface area contributed by atoms with Crippen molar-refractivity contribution in [1.82, 2.24) is 70.5 Å². The van der Waals surface area contributed by atoms with Gasteiger partial charge >= 0.3 is 0 Å². The predicted molar refractivity (Wildman–Crippen MR) is 530 cm³/mol. The molecule has 600 valence electrons. The fourth-order valence-electron chi connectivity index (χ4n) is 21.5. The number of fused-ring (bicyclic) bond motifs is 38. The number of rotatable bonds is 6. The summed E-state index contributed by atoms with van der Waals surface area (Å²) in [5, 5.41) is 24.8. The molecule has 0 N–H and O–H groups in total. The van der Waals surface area contributed by atoms with Crippen molar-refractivity contribution in [2.75, 3.05) is 0 Å². The van der Waals surface area contributed by atoms with E-state index < -0.39 is 0 Å². The van der Waals surface area contributed by atoms with Crippen molar-refractivity contribution >= 4 is 213 Å². The van der Waals surface area contributed by atoms with Crippen molar-refractivity contribution in [3.8, 4) is 34.1 Å². The Bertz CT molecular complexity index is 9880. The molecule has 0 radical (unpaired) electrons. The van der Waals surface area contributed by atoms with Gasteiger partial charge in [-0.2, -0.15) is 0 Å². The number of para-hydroxylation sites is 9. The van der Waals surface area contributed by atoms with E-state index in [0.29, 0.717) is 0 Å². The molecule has 15 aromatic heterocycles. The Morgan fingerprint density at radius 1 is 0.155 bits per heavy atom. The Morgan fingerprint density at radius 2 is 0.411 bits per heavy atom. The molecule has 30 rings (SSSR count). The quantitative estimate of drug-likeness (QED) is 0.153. The van der Waals surface area contributed by atoms with Crippen LogP contribution in [0.2, 0.25) is 0 Å². The van der Waals surface area contributed by atoms with Crippen LogP contribution >= 0.6 is 0 Å². The molecule has 0 spiro atoms. The van der Waals surface area contributed by atoms with Gasteiger partial charge in [0.25, 0.3) is 0 Å². The van der Waals surface area contributed by atoms with Gasteiger partial charge in [-0.15, -0.1) is 0 Å². The van der Waals surface area contributed by atoms with Crippen molar-refractivity contribution in [2.24, 2.45) is 0 Å². The lowest BCUT2D eigenvalue weighted by molar-refractivity contribution is 1.15. The van der Waals surface area contributed by atoms with E-state index in [4.69, 9.17) is 15.0 Å². The molecule has 0 fully saturated rings. The Hall–Kier alpha value is -17.8. The third-order valence-electron chi connectivity index (χ3n) is 26.9. The van der Waals surface area contributed by atoms with E-state index >= 15 is 0 Å². The average molecular weight is 1650 g/mol. The second kappa shape index (κ2) is 27.3. The highest BCUT2D eigenvalue weighted by atomic mass is 15.1. The highest BCUT2D eigenvalue weighted by Crippen LogP contribution is 2.49. The lowest BCUT2D eigenvalue weighted by atomic mass is 10.0. The van der Waals surface area contributed by atoms with Crippen LogP contribution in [0.25, 0.3) is 247 Å². The normalized spacial score (nSPS) is 12.2. The van der Waals surface area contributed by atoms with E-state index in [2.05, 4.69) is 420 Å². The number of pyridine rings is 6. The van der Waals surface area contributed by atoms with Gasteiger partial charge in [0.05, 0.1) is 82.8 Å². The first-order chi connectivity index (χ1) is 64.1. The zero-order valence-corrected chi connectivity index (χ0v) is 69.0. The Balaban J connectivity index is 0.0000000976. The van der Waals surface area contributed by atoms with Crippen molar-refractivity contribution in [2.45, 2.75) is 0 Å². The lowest BCUT2D eigenvalue weighted by Crippen LogP contribution is -1.98. The minimum Gasteiger partial charge on any atom is -0.309 e. The van der Waals surface area contributed by atoms with E-state index in [9.17, 15) is 0 Å². The number of imidazole rings is 3. The van der Waals surface area contributed by atoms with E-state index in [0.717, 1.165) is 122 Å². The molecule has 15 heterocycles. The fraction of sp³-hybridized carbons (Fsp3) is 0. The number of nitrogens with zero attached hydrogens (tertiary/aromatic N) is 15. The molecule has 0 amide bonds. The molecule has 15 nitrogen and oxygen atoms in total. The van der Waals surface area contributed by atoms with Crippen molar-refractivity contribution in [1.29, 1.82) is 0 Å². The van der Waals surface area contributed by atoms with Gasteiger partial charge in [0.2, 0.25) is 0 Å². The van der Waals surface area contributed by atoms with Gasteiger partial charge in [0.1, 0.15) is 16.9 Å². The topological polar surface area (TPSA) is 120 Å². The molecule has 0 aliphatic heterocycles. The average Bonchev–Trinajstić information content (AvgIpc) is 1.53. The van der Waals surface area contributed by atoms with Crippen molar-refractivity contribution in [3.63, 3.8) is 0 Å². The molecule has 15 aromatic carbocycles. The molecule has 0 saturated carbocycles.